The SMILES string of the molecule is CC(NCCc1ccccc1F)c1ccc2c(c1)OCO2. The zero-order valence-electron chi connectivity index (χ0n) is 11.9. The molecular weight excluding hydrogens is 269 g/mol. The minimum absolute atomic E-state index is 0.143. The molecule has 0 saturated carbocycles. The fourth-order valence-corrected chi connectivity index (χ4v) is 2.42. The highest BCUT2D eigenvalue weighted by Gasteiger charge is 2.15. The Morgan fingerprint density at radius 1 is 1.14 bits per heavy atom. The molecular formula is C17H18FNO2. The van der Waals surface area contributed by atoms with Crippen LogP contribution in [0.1, 0.15) is 24.1 Å². The zero-order chi connectivity index (χ0) is 14.7. The van der Waals surface area contributed by atoms with Crippen molar-refractivity contribution in [1.29, 1.82) is 0 Å². The molecule has 110 valence electrons. The Labute approximate surface area is 123 Å². The van der Waals surface area contributed by atoms with E-state index in [1.54, 1.807) is 6.07 Å². The second kappa shape index (κ2) is 6.14. The number of ether oxygens (including phenoxy) is 2. The van der Waals surface area contributed by atoms with Crippen molar-refractivity contribution >= 4 is 0 Å². The summed E-state index contributed by atoms with van der Waals surface area (Å²) in [6.45, 7) is 3.09. The molecule has 0 aromatic heterocycles. The highest BCUT2D eigenvalue weighted by atomic mass is 19.1. The third kappa shape index (κ3) is 3.16. The Balaban J connectivity index is 1.57. The van der Waals surface area contributed by atoms with Gasteiger partial charge in [0.1, 0.15) is 5.82 Å². The number of nitrogens with one attached hydrogen (secondary N) is 1. The fourth-order valence-electron chi connectivity index (χ4n) is 2.42. The molecule has 0 bridgehead atoms. The van der Waals surface area contributed by atoms with E-state index in [2.05, 4.69) is 12.2 Å². The Morgan fingerprint density at radius 3 is 2.81 bits per heavy atom. The summed E-state index contributed by atoms with van der Waals surface area (Å²) in [5.74, 6) is 1.43. The van der Waals surface area contributed by atoms with Crippen molar-refractivity contribution in [2.75, 3.05) is 13.3 Å². The minimum atomic E-state index is -0.143. The van der Waals surface area contributed by atoms with E-state index in [0.717, 1.165) is 29.2 Å². The van der Waals surface area contributed by atoms with E-state index in [4.69, 9.17) is 9.47 Å². The summed E-state index contributed by atoms with van der Waals surface area (Å²) in [6.07, 6.45) is 0.668. The number of rotatable bonds is 5. The van der Waals surface area contributed by atoms with Crippen molar-refractivity contribution < 1.29 is 13.9 Å². The third-order valence-corrected chi connectivity index (χ3v) is 3.70. The van der Waals surface area contributed by atoms with Crippen LogP contribution in [0, 0.1) is 5.82 Å². The van der Waals surface area contributed by atoms with Gasteiger partial charge >= 0.3 is 0 Å². The molecule has 1 unspecified atom stereocenters. The van der Waals surface area contributed by atoms with Gasteiger partial charge in [0.2, 0.25) is 6.79 Å². The fraction of sp³-hybridized carbons (Fsp3) is 0.294. The molecule has 0 fully saturated rings. The first kappa shape index (κ1) is 13.9. The van der Waals surface area contributed by atoms with Crippen LogP contribution in [0.4, 0.5) is 4.39 Å². The summed E-state index contributed by atoms with van der Waals surface area (Å²) >= 11 is 0. The van der Waals surface area contributed by atoms with Crippen molar-refractivity contribution in [3.63, 3.8) is 0 Å². The predicted molar refractivity (Wildman–Crippen MR) is 79.1 cm³/mol. The predicted octanol–water partition coefficient (Wildman–Crippen LogP) is 3.45. The van der Waals surface area contributed by atoms with Gasteiger partial charge in [-0.05, 0) is 49.2 Å². The van der Waals surface area contributed by atoms with Crippen molar-refractivity contribution in [2.45, 2.75) is 19.4 Å². The summed E-state index contributed by atoms with van der Waals surface area (Å²) in [4.78, 5) is 0. The molecule has 0 radical (unpaired) electrons. The Hall–Kier alpha value is -2.07. The van der Waals surface area contributed by atoms with Gasteiger partial charge in [-0.25, -0.2) is 4.39 Å². The summed E-state index contributed by atoms with van der Waals surface area (Å²) in [5, 5.41) is 3.40. The number of halogens is 1. The number of benzene rings is 2. The monoisotopic (exact) mass is 287 g/mol. The minimum Gasteiger partial charge on any atom is -0.454 e. The smallest absolute Gasteiger partial charge is 0.231 e. The molecule has 0 spiro atoms. The lowest BCUT2D eigenvalue weighted by Gasteiger charge is -2.15. The molecule has 1 aliphatic rings. The average molecular weight is 287 g/mol. The van der Waals surface area contributed by atoms with Gasteiger partial charge in [-0.2, -0.15) is 0 Å². The van der Waals surface area contributed by atoms with Gasteiger partial charge in [0.15, 0.2) is 11.5 Å². The topological polar surface area (TPSA) is 30.5 Å². The van der Waals surface area contributed by atoms with E-state index < -0.39 is 0 Å². The van der Waals surface area contributed by atoms with Gasteiger partial charge in [0.25, 0.3) is 0 Å². The largest absolute Gasteiger partial charge is 0.454 e. The second-order valence-electron chi connectivity index (χ2n) is 5.13. The molecule has 1 aliphatic heterocycles. The van der Waals surface area contributed by atoms with E-state index in [1.807, 2.05) is 30.3 Å². The lowest BCUT2D eigenvalue weighted by atomic mass is 10.1. The maximum absolute atomic E-state index is 13.5. The molecule has 21 heavy (non-hydrogen) atoms. The van der Waals surface area contributed by atoms with Gasteiger partial charge < -0.3 is 14.8 Å². The first-order valence-electron chi connectivity index (χ1n) is 7.10. The molecule has 1 heterocycles. The van der Waals surface area contributed by atoms with E-state index in [0.29, 0.717) is 6.42 Å². The van der Waals surface area contributed by atoms with Crippen molar-refractivity contribution in [2.24, 2.45) is 0 Å². The standard InChI is InChI=1S/C17H18FNO2/c1-12(14-6-7-16-17(10-14)21-11-20-16)19-9-8-13-4-2-3-5-15(13)18/h2-7,10,12,19H,8-9,11H2,1H3. The number of hydrogen-bond donors (Lipinski definition) is 1. The van der Waals surface area contributed by atoms with Crippen molar-refractivity contribution in [1.82, 2.24) is 5.32 Å². The summed E-state index contributed by atoms with van der Waals surface area (Å²) in [7, 11) is 0. The number of fused-ring (bicyclic) bond motifs is 1. The molecule has 4 heteroatoms. The molecule has 3 nitrogen and oxygen atoms in total. The quantitative estimate of drug-likeness (QED) is 0.913. The second-order valence-corrected chi connectivity index (χ2v) is 5.13. The lowest BCUT2D eigenvalue weighted by Crippen LogP contribution is -2.21. The van der Waals surface area contributed by atoms with Gasteiger partial charge in [-0.15, -0.1) is 0 Å². The first-order chi connectivity index (χ1) is 10.2. The van der Waals surface area contributed by atoms with Crippen LogP contribution in [-0.2, 0) is 6.42 Å². The first-order valence-corrected chi connectivity index (χ1v) is 7.10. The highest BCUT2D eigenvalue weighted by Crippen LogP contribution is 2.34. The zero-order valence-corrected chi connectivity index (χ0v) is 11.9. The molecule has 0 aliphatic carbocycles. The third-order valence-electron chi connectivity index (χ3n) is 3.70. The van der Waals surface area contributed by atoms with Crippen LogP contribution < -0.4 is 14.8 Å². The van der Waals surface area contributed by atoms with E-state index in [9.17, 15) is 4.39 Å². The molecule has 1 atom stereocenters. The molecule has 0 amide bonds. The van der Waals surface area contributed by atoms with Crippen LogP contribution in [0.3, 0.4) is 0 Å². The average Bonchev–Trinajstić information content (AvgIpc) is 2.96. The Kier molecular flexibility index (Phi) is 4.06. The van der Waals surface area contributed by atoms with Crippen LogP contribution >= 0.6 is 0 Å². The van der Waals surface area contributed by atoms with Crippen LogP contribution in [0.5, 0.6) is 11.5 Å². The van der Waals surface area contributed by atoms with Gasteiger partial charge in [-0.3, -0.25) is 0 Å². The van der Waals surface area contributed by atoms with E-state index >= 15 is 0 Å². The molecule has 0 saturated heterocycles. The Bertz CT molecular complexity index is 630. The lowest BCUT2D eigenvalue weighted by molar-refractivity contribution is 0.174. The highest BCUT2D eigenvalue weighted by molar-refractivity contribution is 5.45. The molecule has 2 aromatic rings. The van der Waals surface area contributed by atoms with E-state index in [-0.39, 0.29) is 18.7 Å². The Morgan fingerprint density at radius 2 is 1.95 bits per heavy atom. The number of hydrogen-bond acceptors (Lipinski definition) is 3. The summed E-state index contributed by atoms with van der Waals surface area (Å²) in [6, 6.07) is 13.0. The van der Waals surface area contributed by atoms with E-state index in [1.165, 1.54) is 6.07 Å². The maximum Gasteiger partial charge on any atom is 0.231 e. The van der Waals surface area contributed by atoms with Gasteiger partial charge in [0.05, 0.1) is 0 Å². The van der Waals surface area contributed by atoms with Gasteiger partial charge in [0, 0.05) is 6.04 Å². The summed E-state index contributed by atoms with van der Waals surface area (Å²) in [5.41, 5.74) is 1.87. The van der Waals surface area contributed by atoms with Crippen LogP contribution in [0.2, 0.25) is 0 Å². The van der Waals surface area contributed by atoms with Crippen molar-refractivity contribution in [3.05, 3.63) is 59.4 Å². The van der Waals surface area contributed by atoms with Gasteiger partial charge in [-0.1, -0.05) is 24.3 Å². The molecule has 2 aromatic carbocycles. The normalized spacial score (nSPS) is 14.2. The van der Waals surface area contributed by atoms with Crippen molar-refractivity contribution in [3.8, 4) is 11.5 Å². The molecule has 3 rings (SSSR count). The van der Waals surface area contributed by atoms with Crippen LogP contribution in [-0.4, -0.2) is 13.3 Å². The maximum atomic E-state index is 13.5. The molecule has 1 N–H and O–H groups in total. The van der Waals surface area contributed by atoms with Crippen LogP contribution in [0.15, 0.2) is 42.5 Å². The van der Waals surface area contributed by atoms with Crippen LogP contribution in [0.25, 0.3) is 0 Å². The summed E-state index contributed by atoms with van der Waals surface area (Å²) < 4.78 is 24.2.